The maximum absolute atomic E-state index is 11.4. The SMILES string of the molecule is CCCCCCCCCCCCCCCCCCCCCCCCCC(=O)OS(=O)(=O)OC. The van der Waals surface area contributed by atoms with E-state index >= 15 is 0 Å². The van der Waals surface area contributed by atoms with Gasteiger partial charge >= 0.3 is 16.4 Å². The van der Waals surface area contributed by atoms with Gasteiger partial charge < -0.3 is 4.18 Å². The summed E-state index contributed by atoms with van der Waals surface area (Å²) in [5, 5.41) is 0. The average molecular weight is 491 g/mol. The third-order valence-electron chi connectivity index (χ3n) is 6.38. The molecule has 0 amide bonds. The molecular formula is C27H54O5S. The lowest BCUT2D eigenvalue weighted by Gasteiger charge is -2.04. The molecule has 0 aromatic rings. The summed E-state index contributed by atoms with van der Waals surface area (Å²) in [6.45, 7) is 2.28. The summed E-state index contributed by atoms with van der Waals surface area (Å²) in [5.74, 6) is -0.736. The molecule has 0 aromatic heterocycles. The number of hydrogen-bond donors (Lipinski definition) is 0. The van der Waals surface area contributed by atoms with Crippen LogP contribution in [0.4, 0.5) is 0 Å². The molecule has 0 aromatic carbocycles. The zero-order valence-corrected chi connectivity index (χ0v) is 22.7. The van der Waals surface area contributed by atoms with E-state index < -0.39 is 16.4 Å². The minimum atomic E-state index is -4.15. The van der Waals surface area contributed by atoms with Crippen molar-refractivity contribution in [2.45, 2.75) is 161 Å². The van der Waals surface area contributed by atoms with Gasteiger partial charge in [0.15, 0.2) is 0 Å². The Morgan fingerprint density at radius 2 is 0.788 bits per heavy atom. The number of carbonyl (C=O) groups is 1. The minimum absolute atomic E-state index is 0.127. The maximum Gasteiger partial charge on any atom is 0.451 e. The molecule has 0 saturated carbocycles. The Bertz CT molecular complexity index is 519. The van der Waals surface area contributed by atoms with Gasteiger partial charge in [-0.15, -0.1) is 0 Å². The fourth-order valence-electron chi connectivity index (χ4n) is 4.24. The normalized spacial score (nSPS) is 11.7. The highest BCUT2D eigenvalue weighted by Gasteiger charge is 2.15. The molecule has 0 radical (unpaired) electrons. The van der Waals surface area contributed by atoms with E-state index in [0.717, 1.165) is 20.0 Å². The Morgan fingerprint density at radius 1 is 0.515 bits per heavy atom. The van der Waals surface area contributed by atoms with E-state index in [9.17, 15) is 13.2 Å². The van der Waals surface area contributed by atoms with Crippen LogP contribution in [0, 0.1) is 0 Å². The van der Waals surface area contributed by atoms with E-state index in [1.165, 1.54) is 128 Å². The molecule has 0 fully saturated rings. The van der Waals surface area contributed by atoms with Crippen molar-refractivity contribution in [2.24, 2.45) is 0 Å². The summed E-state index contributed by atoms with van der Waals surface area (Å²) in [6, 6.07) is 0. The van der Waals surface area contributed by atoms with Gasteiger partial charge in [0.05, 0.1) is 7.11 Å². The van der Waals surface area contributed by atoms with Crippen LogP contribution in [-0.2, 0) is 23.6 Å². The Labute approximate surface area is 206 Å². The standard InChI is InChI=1S/C27H54O5S/c1-3-4-5-6-7-8-9-10-11-12-13-14-15-16-17-18-19-20-21-22-23-24-25-26-27(28)32-33(29,30)31-2/h3-26H2,1-2H3. The van der Waals surface area contributed by atoms with Crippen molar-refractivity contribution in [3.05, 3.63) is 0 Å². The van der Waals surface area contributed by atoms with Gasteiger partial charge in [0.25, 0.3) is 0 Å². The van der Waals surface area contributed by atoms with Crippen LogP contribution in [-0.4, -0.2) is 21.5 Å². The topological polar surface area (TPSA) is 69.7 Å². The highest BCUT2D eigenvalue weighted by Crippen LogP contribution is 2.15. The summed E-state index contributed by atoms with van der Waals surface area (Å²) < 4.78 is 30.3. The summed E-state index contributed by atoms with van der Waals surface area (Å²) >= 11 is 0. The van der Waals surface area contributed by atoms with Gasteiger partial charge in [-0.1, -0.05) is 148 Å². The van der Waals surface area contributed by atoms with Crippen LogP contribution < -0.4 is 0 Å². The van der Waals surface area contributed by atoms with Crippen molar-refractivity contribution in [2.75, 3.05) is 7.11 Å². The molecule has 0 aliphatic carbocycles. The molecule has 0 N–H and O–H groups in total. The van der Waals surface area contributed by atoms with Crippen LogP contribution in [0.2, 0.25) is 0 Å². The van der Waals surface area contributed by atoms with E-state index in [-0.39, 0.29) is 6.42 Å². The van der Waals surface area contributed by atoms with Crippen LogP contribution in [0.25, 0.3) is 0 Å². The molecule has 0 heterocycles. The zero-order valence-electron chi connectivity index (χ0n) is 21.9. The summed E-state index contributed by atoms with van der Waals surface area (Å²) in [5.41, 5.74) is 0. The first-order valence-electron chi connectivity index (χ1n) is 14.0. The molecule has 0 unspecified atom stereocenters. The molecule has 0 saturated heterocycles. The second kappa shape index (κ2) is 24.5. The van der Waals surface area contributed by atoms with Crippen LogP contribution in [0.15, 0.2) is 0 Å². The van der Waals surface area contributed by atoms with Crippen molar-refractivity contribution in [1.82, 2.24) is 0 Å². The second-order valence-electron chi connectivity index (χ2n) is 9.56. The molecule has 198 valence electrons. The van der Waals surface area contributed by atoms with Crippen molar-refractivity contribution in [3.8, 4) is 0 Å². The Morgan fingerprint density at radius 3 is 1.06 bits per heavy atom. The van der Waals surface area contributed by atoms with Crippen LogP contribution in [0.3, 0.4) is 0 Å². The first kappa shape index (κ1) is 32.4. The van der Waals surface area contributed by atoms with Crippen molar-refractivity contribution >= 4 is 16.4 Å². The third-order valence-corrected chi connectivity index (χ3v) is 7.18. The number of rotatable bonds is 26. The largest absolute Gasteiger partial charge is 0.451 e. The van der Waals surface area contributed by atoms with Gasteiger partial charge in [-0.3, -0.25) is 4.79 Å². The predicted octanol–water partition coefficient (Wildman–Crippen LogP) is 8.80. The van der Waals surface area contributed by atoms with Crippen molar-refractivity contribution < 1.29 is 21.6 Å². The van der Waals surface area contributed by atoms with Crippen molar-refractivity contribution in [3.63, 3.8) is 0 Å². The van der Waals surface area contributed by atoms with Gasteiger partial charge in [0.1, 0.15) is 0 Å². The van der Waals surface area contributed by atoms with E-state index in [1.54, 1.807) is 0 Å². The molecule has 0 rings (SSSR count). The molecule has 0 bridgehead atoms. The Hall–Kier alpha value is -0.620. The first-order chi connectivity index (χ1) is 16.0. The smallest absolute Gasteiger partial charge is 0.325 e. The average Bonchev–Trinajstić information content (AvgIpc) is 2.79. The molecule has 0 atom stereocenters. The molecular weight excluding hydrogens is 436 g/mol. The molecule has 0 aliphatic heterocycles. The van der Waals surface area contributed by atoms with E-state index in [0.29, 0.717) is 6.42 Å². The van der Waals surface area contributed by atoms with Gasteiger partial charge in [0, 0.05) is 6.42 Å². The molecule has 0 aliphatic rings. The molecule has 6 heteroatoms. The number of carbonyl (C=O) groups excluding carboxylic acids is 1. The Kier molecular flexibility index (Phi) is 24.0. The monoisotopic (exact) mass is 490 g/mol. The third kappa shape index (κ3) is 25.8. The molecule has 0 spiro atoms. The molecule has 5 nitrogen and oxygen atoms in total. The highest BCUT2D eigenvalue weighted by molar-refractivity contribution is 7.82. The first-order valence-corrected chi connectivity index (χ1v) is 15.4. The van der Waals surface area contributed by atoms with Crippen LogP contribution in [0.5, 0.6) is 0 Å². The summed E-state index contributed by atoms with van der Waals surface area (Å²) in [6.07, 6.45) is 30.6. The minimum Gasteiger partial charge on any atom is -0.325 e. The summed E-state index contributed by atoms with van der Waals surface area (Å²) in [7, 11) is -3.17. The van der Waals surface area contributed by atoms with Gasteiger partial charge in [-0.2, -0.15) is 8.42 Å². The Balaban J connectivity index is 3.15. The van der Waals surface area contributed by atoms with Gasteiger partial charge in [-0.05, 0) is 6.42 Å². The quantitative estimate of drug-likeness (QED) is 0.113. The zero-order chi connectivity index (χ0) is 24.5. The number of unbranched alkanes of at least 4 members (excludes halogenated alkanes) is 22. The molecule has 33 heavy (non-hydrogen) atoms. The van der Waals surface area contributed by atoms with Crippen molar-refractivity contribution in [1.29, 1.82) is 0 Å². The fraction of sp³-hybridized carbons (Fsp3) is 0.963. The van der Waals surface area contributed by atoms with Gasteiger partial charge in [0.2, 0.25) is 0 Å². The summed E-state index contributed by atoms with van der Waals surface area (Å²) in [4.78, 5) is 11.4. The van der Waals surface area contributed by atoms with E-state index in [2.05, 4.69) is 15.3 Å². The van der Waals surface area contributed by atoms with Crippen LogP contribution >= 0.6 is 0 Å². The van der Waals surface area contributed by atoms with E-state index in [1.807, 2.05) is 0 Å². The number of hydrogen-bond acceptors (Lipinski definition) is 5. The van der Waals surface area contributed by atoms with E-state index in [4.69, 9.17) is 0 Å². The van der Waals surface area contributed by atoms with Crippen LogP contribution in [0.1, 0.15) is 161 Å². The predicted molar refractivity (Wildman–Crippen MR) is 139 cm³/mol. The lowest BCUT2D eigenvalue weighted by atomic mass is 10.0. The lowest BCUT2D eigenvalue weighted by Crippen LogP contribution is -2.13. The van der Waals surface area contributed by atoms with Gasteiger partial charge in [-0.25, -0.2) is 4.18 Å². The lowest BCUT2D eigenvalue weighted by molar-refractivity contribution is -0.134. The second-order valence-corrected chi connectivity index (χ2v) is 10.9. The highest BCUT2D eigenvalue weighted by atomic mass is 32.3. The maximum atomic E-state index is 11.4. The fourth-order valence-corrected chi connectivity index (χ4v) is 4.62.